The Kier molecular flexibility index (Phi) is 5.45. The van der Waals surface area contributed by atoms with E-state index in [1.54, 1.807) is 11.1 Å². The van der Waals surface area contributed by atoms with Gasteiger partial charge in [0, 0.05) is 6.20 Å². The van der Waals surface area contributed by atoms with Crippen molar-refractivity contribution in [3.05, 3.63) is 101 Å². The summed E-state index contributed by atoms with van der Waals surface area (Å²) in [6.45, 7) is 6.17. The van der Waals surface area contributed by atoms with E-state index in [1.165, 1.54) is 22.3 Å². The minimum absolute atomic E-state index is 0.303. The normalized spacial score (nSPS) is 13.5. The van der Waals surface area contributed by atoms with E-state index in [4.69, 9.17) is 4.74 Å². The van der Waals surface area contributed by atoms with Crippen LogP contribution >= 0.6 is 0 Å². The van der Waals surface area contributed by atoms with Gasteiger partial charge in [0.15, 0.2) is 0 Å². The van der Waals surface area contributed by atoms with Gasteiger partial charge in [-0.15, -0.1) is 0 Å². The second-order valence-electron chi connectivity index (χ2n) is 8.61. The van der Waals surface area contributed by atoms with Crippen molar-refractivity contribution in [1.29, 1.82) is 0 Å². The third kappa shape index (κ3) is 4.46. The van der Waals surface area contributed by atoms with Crippen LogP contribution in [-0.2, 0) is 17.7 Å². The number of nitrogens with zero attached hydrogens (tertiary/aromatic N) is 1. The van der Waals surface area contributed by atoms with Gasteiger partial charge < -0.3 is 4.74 Å². The molecule has 0 bridgehead atoms. The number of carbonyl (C=O) groups is 1. The number of ether oxygens (including phenoxy) is 1. The lowest BCUT2D eigenvalue weighted by molar-refractivity contribution is 0.0322. The zero-order valence-corrected chi connectivity index (χ0v) is 17.8. The molecule has 1 aliphatic heterocycles. The minimum Gasteiger partial charge on any atom is -0.443 e. The van der Waals surface area contributed by atoms with Gasteiger partial charge in [0.2, 0.25) is 0 Å². The Balaban J connectivity index is 0.000000150. The first kappa shape index (κ1) is 20.0. The second kappa shape index (κ2) is 8.19. The van der Waals surface area contributed by atoms with Gasteiger partial charge in [-0.1, -0.05) is 72.8 Å². The molecule has 1 aliphatic carbocycles. The lowest BCUT2D eigenvalue weighted by Gasteiger charge is -2.27. The van der Waals surface area contributed by atoms with Crippen molar-refractivity contribution in [2.45, 2.75) is 39.3 Å². The van der Waals surface area contributed by atoms with Gasteiger partial charge in [-0.05, 0) is 66.6 Å². The smallest absolute Gasteiger partial charge is 0.414 e. The van der Waals surface area contributed by atoms with E-state index in [9.17, 15) is 4.79 Å². The van der Waals surface area contributed by atoms with Crippen molar-refractivity contribution >= 4 is 12.2 Å². The van der Waals surface area contributed by atoms with Crippen molar-refractivity contribution < 1.29 is 9.53 Å². The van der Waals surface area contributed by atoms with Crippen LogP contribution in [0.25, 0.3) is 17.2 Å². The van der Waals surface area contributed by atoms with Crippen molar-refractivity contribution in [3.8, 4) is 11.1 Å². The molecule has 0 unspecified atom stereocenters. The summed E-state index contributed by atoms with van der Waals surface area (Å²) in [5.74, 6) is 0. The predicted octanol–water partition coefficient (Wildman–Crippen LogP) is 6.67. The first-order valence-corrected chi connectivity index (χ1v) is 10.3. The number of rotatable bonds is 0. The Morgan fingerprint density at radius 2 is 1.33 bits per heavy atom. The van der Waals surface area contributed by atoms with Crippen molar-refractivity contribution in [1.82, 2.24) is 4.90 Å². The maximum absolute atomic E-state index is 11.9. The molecule has 3 aromatic rings. The molecule has 152 valence electrons. The van der Waals surface area contributed by atoms with Gasteiger partial charge in [-0.3, -0.25) is 4.90 Å². The summed E-state index contributed by atoms with van der Waals surface area (Å²) in [5.41, 5.74) is 7.60. The third-order valence-electron chi connectivity index (χ3n) is 5.16. The molecule has 1 amide bonds. The second-order valence-corrected chi connectivity index (χ2v) is 8.61. The molecule has 0 saturated carbocycles. The standard InChI is InChI=1S/C14H17NO2.C13H10/c1-14(2,3)17-13(16)15-9-8-11-6-4-5-7-12(11)10-15;1-3-7-12-10(5-1)9-11-6-2-4-8-13(11)12/h4-9H,10H2,1-3H3;1-8H,9H2. The van der Waals surface area contributed by atoms with Crippen LogP contribution in [-0.4, -0.2) is 16.6 Å². The summed E-state index contributed by atoms with van der Waals surface area (Å²) in [4.78, 5) is 13.5. The molecule has 3 heteroatoms. The Morgan fingerprint density at radius 3 is 1.93 bits per heavy atom. The van der Waals surface area contributed by atoms with Crippen LogP contribution in [0.5, 0.6) is 0 Å². The monoisotopic (exact) mass is 397 g/mol. The lowest BCUT2D eigenvalue weighted by atomic mass is 10.0. The molecule has 0 atom stereocenters. The molecular formula is C27H27NO2. The van der Waals surface area contributed by atoms with Gasteiger partial charge in [0.25, 0.3) is 0 Å². The largest absolute Gasteiger partial charge is 0.443 e. The maximum atomic E-state index is 11.9. The van der Waals surface area contributed by atoms with E-state index in [-0.39, 0.29) is 6.09 Å². The molecule has 5 rings (SSSR count). The highest BCUT2D eigenvalue weighted by molar-refractivity contribution is 5.76. The van der Waals surface area contributed by atoms with Gasteiger partial charge in [0.1, 0.15) is 5.60 Å². The van der Waals surface area contributed by atoms with Crippen LogP contribution < -0.4 is 0 Å². The first-order valence-electron chi connectivity index (χ1n) is 10.3. The zero-order valence-electron chi connectivity index (χ0n) is 17.8. The third-order valence-corrected chi connectivity index (χ3v) is 5.16. The van der Waals surface area contributed by atoms with Crippen LogP contribution in [0, 0.1) is 0 Å². The fourth-order valence-corrected chi connectivity index (χ4v) is 3.77. The first-order chi connectivity index (χ1) is 14.4. The average molecular weight is 398 g/mol. The number of amides is 1. The minimum atomic E-state index is -0.456. The molecule has 0 aromatic heterocycles. The van der Waals surface area contributed by atoms with E-state index in [1.807, 2.05) is 51.1 Å². The molecule has 0 fully saturated rings. The van der Waals surface area contributed by atoms with E-state index in [0.717, 1.165) is 17.5 Å². The highest BCUT2D eigenvalue weighted by Crippen LogP contribution is 2.35. The number of fused-ring (bicyclic) bond motifs is 4. The van der Waals surface area contributed by atoms with Gasteiger partial charge in [0.05, 0.1) is 6.54 Å². The van der Waals surface area contributed by atoms with Crippen LogP contribution in [0.15, 0.2) is 79.0 Å². The number of hydrogen-bond acceptors (Lipinski definition) is 2. The number of benzene rings is 3. The van der Waals surface area contributed by atoms with Crippen molar-refractivity contribution in [2.24, 2.45) is 0 Å². The lowest BCUT2D eigenvalue weighted by Crippen LogP contribution is -2.34. The Bertz CT molecular complexity index is 1050. The number of hydrogen-bond donors (Lipinski definition) is 0. The van der Waals surface area contributed by atoms with Crippen LogP contribution in [0.2, 0.25) is 0 Å². The molecular weight excluding hydrogens is 370 g/mol. The topological polar surface area (TPSA) is 29.5 Å². The van der Waals surface area contributed by atoms with Crippen LogP contribution in [0.4, 0.5) is 4.79 Å². The highest BCUT2D eigenvalue weighted by Gasteiger charge is 2.23. The molecule has 3 nitrogen and oxygen atoms in total. The average Bonchev–Trinajstić information content (AvgIpc) is 3.11. The summed E-state index contributed by atoms with van der Waals surface area (Å²) in [6.07, 6.45) is 4.51. The van der Waals surface area contributed by atoms with E-state index in [2.05, 4.69) is 48.5 Å². The number of carbonyl (C=O) groups excluding carboxylic acids is 1. The molecule has 0 N–H and O–H groups in total. The van der Waals surface area contributed by atoms with Crippen LogP contribution in [0.3, 0.4) is 0 Å². The van der Waals surface area contributed by atoms with E-state index >= 15 is 0 Å². The fourth-order valence-electron chi connectivity index (χ4n) is 3.77. The Labute approximate surface area is 178 Å². The fraction of sp³-hybridized carbons (Fsp3) is 0.222. The van der Waals surface area contributed by atoms with Gasteiger partial charge in [-0.2, -0.15) is 0 Å². The summed E-state index contributed by atoms with van der Waals surface area (Å²) in [6, 6.07) is 25.3. The molecule has 1 heterocycles. The van der Waals surface area contributed by atoms with Crippen molar-refractivity contribution in [3.63, 3.8) is 0 Å². The molecule has 2 aliphatic rings. The summed E-state index contributed by atoms with van der Waals surface area (Å²) < 4.78 is 5.33. The molecule has 0 saturated heterocycles. The summed E-state index contributed by atoms with van der Waals surface area (Å²) >= 11 is 0. The zero-order chi connectivity index (χ0) is 21.1. The highest BCUT2D eigenvalue weighted by atomic mass is 16.6. The Morgan fingerprint density at radius 1 is 0.800 bits per heavy atom. The quantitative estimate of drug-likeness (QED) is 0.332. The summed E-state index contributed by atoms with van der Waals surface area (Å²) in [7, 11) is 0. The predicted molar refractivity (Wildman–Crippen MR) is 122 cm³/mol. The molecule has 3 aromatic carbocycles. The molecule has 0 spiro atoms. The Hall–Kier alpha value is -3.33. The summed E-state index contributed by atoms with van der Waals surface area (Å²) in [5, 5.41) is 0. The van der Waals surface area contributed by atoms with Gasteiger partial charge >= 0.3 is 6.09 Å². The van der Waals surface area contributed by atoms with Crippen LogP contribution in [0.1, 0.15) is 43.0 Å². The molecule has 30 heavy (non-hydrogen) atoms. The van der Waals surface area contributed by atoms with Gasteiger partial charge in [-0.25, -0.2) is 4.79 Å². The molecule has 0 radical (unpaired) electrons. The maximum Gasteiger partial charge on any atom is 0.414 e. The van der Waals surface area contributed by atoms with Crippen molar-refractivity contribution in [2.75, 3.05) is 0 Å². The van der Waals surface area contributed by atoms with E-state index in [0.29, 0.717) is 6.54 Å². The SMILES string of the molecule is CC(C)(C)OC(=O)N1C=Cc2ccccc2C1.c1ccc2c(c1)Cc1ccccc1-2. The van der Waals surface area contributed by atoms with E-state index < -0.39 is 5.60 Å².